The summed E-state index contributed by atoms with van der Waals surface area (Å²) >= 11 is 0. The summed E-state index contributed by atoms with van der Waals surface area (Å²) in [7, 11) is 0. The summed E-state index contributed by atoms with van der Waals surface area (Å²) in [5.74, 6) is -1.86. The molecular weight excluding hydrogens is 348 g/mol. The second-order valence-electron chi connectivity index (χ2n) is 6.94. The lowest BCUT2D eigenvalue weighted by molar-refractivity contribution is -0.144. The number of hydrogen-bond acceptors (Lipinski definition) is 4. The van der Waals surface area contributed by atoms with Crippen molar-refractivity contribution in [2.75, 3.05) is 6.54 Å². The Bertz CT molecular complexity index is 860. The molecule has 3 unspecified atom stereocenters. The number of fused-ring (bicyclic) bond motifs is 1. The van der Waals surface area contributed by atoms with Crippen molar-refractivity contribution in [1.82, 2.24) is 15.2 Å². The standard InChI is InChI=1S/C19H24N4O4/c1-11(20)18(25)23-8-4-7-16(23)17(24)22-15(19(26)27)9-12-10-21-14-6-3-2-5-13(12)14/h2-3,5-6,10-11,15-16,21H,4,7-9,20H2,1H3,(H,22,24)(H,26,27). The van der Waals surface area contributed by atoms with Crippen molar-refractivity contribution in [2.24, 2.45) is 5.73 Å². The van der Waals surface area contributed by atoms with Crippen molar-refractivity contribution in [3.05, 3.63) is 36.0 Å². The van der Waals surface area contributed by atoms with Gasteiger partial charge in [0.05, 0.1) is 6.04 Å². The number of amides is 2. The molecule has 27 heavy (non-hydrogen) atoms. The highest BCUT2D eigenvalue weighted by Crippen LogP contribution is 2.21. The molecular formula is C19H24N4O4. The molecule has 2 aromatic rings. The average molecular weight is 372 g/mol. The van der Waals surface area contributed by atoms with E-state index in [1.165, 1.54) is 4.90 Å². The second-order valence-corrected chi connectivity index (χ2v) is 6.94. The number of aliphatic carboxylic acids is 1. The maximum atomic E-state index is 12.7. The van der Waals surface area contributed by atoms with E-state index in [0.29, 0.717) is 19.4 Å². The number of nitrogens with one attached hydrogen (secondary N) is 2. The molecule has 1 aromatic carbocycles. The van der Waals surface area contributed by atoms with Crippen LogP contribution in [0.15, 0.2) is 30.5 Å². The predicted octanol–water partition coefficient (Wildman–Crippen LogP) is 0.618. The van der Waals surface area contributed by atoms with Gasteiger partial charge in [0.1, 0.15) is 12.1 Å². The van der Waals surface area contributed by atoms with Crippen LogP contribution in [0.2, 0.25) is 0 Å². The number of likely N-dealkylation sites (tertiary alicyclic amines) is 1. The van der Waals surface area contributed by atoms with Crippen molar-refractivity contribution in [2.45, 2.75) is 44.3 Å². The Balaban J connectivity index is 1.73. The fourth-order valence-corrected chi connectivity index (χ4v) is 3.55. The van der Waals surface area contributed by atoms with Crippen molar-refractivity contribution in [1.29, 1.82) is 0 Å². The number of carboxylic acids is 1. The van der Waals surface area contributed by atoms with E-state index in [9.17, 15) is 19.5 Å². The molecule has 0 radical (unpaired) electrons. The van der Waals surface area contributed by atoms with Gasteiger partial charge in [-0.15, -0.1) is 0 Å². The number of H-pyrrole nitrogens is 1. The quantitative estimate of drug-likeness (QED) is 0.591. The lowest BCUT2D eigenvalue weighted by atomic mass is 10.0. The van der Waals surface area contributed by atoms with E-state index in [-0.39, 0.29) is 12.3 Å². The van der Waals surface area contributed by atoms with Crippen LogP contribution in [0.3, 0.4) is 0 Å². The third kappa shape index (κ3) is 3.95. The van der Waals surface area contributed by atoms with Crippen molar-refractivity contribution in [3.8, 4) is 0 Å². The van der Waals surface area contributed by atoms with Crippen molar-refractivity contribution < 1.29 is 19.5 Å². The summed E-state index contributed by atoms with van der Waals surface area (Å²) in [6, 6.07) is 5.14. The van der Waals surface area contributed by atoms with Gasteiger partial charge >= 0.3 is 5.97 Å². The summed E-state index contributed by atoms with van der Waals surface area (Å²) in [6.07, 6.45) is 3.10. The number of nitrogens with two attached hydrogens (primary N) is 1. The molecule has 5 N–H and O–H groups in total. The van der Waals surface area contributed by atoms with Crippen LogP contribution in [0.5, 0.6) is 0 Å². The summed E-state index contributed by atoms with van der Waals surface area (Å²) in [5, 5.41) is 13.1. The Morgan fingerprint density at radius 1 is 1.37 bits per heavy atom. The van der Waals surface area contributed by atoms with Gasteiger partial charge < -0.3 is 26.0 Å². The van der Waals surface area contributed by atoms with E-state index in [1.54, 1.807) is 13.1 Å². The Kier molecular flexibility index (Phi) is 5.46. The number of nitrogens with zero attached hydrogens (tertiary/aromatic N) is 1. The van der Waals surface area contributed by atoms with Gasteiger partial charge in [-0.2, -0.15) is 0 Å². The molecule has 0 spiro atoms. The summed E-state index contributed by atoms with van der Waals surface area (Å²) in [5.41, 5.74) is 7.37. The molecule has 1 saturated heterocycles. The predicted molar refractivity (Wildman–Crippen MR) is 100.0 cm³/mol. The van der Waals surface area contributed by atoms with Gasteiger partial charge in [-0.25, -0.2) is 4.79 Å². The van der Waals surface area contributed by atoms with E-state index in [0.717, 1.165) is 16.5 Å². The number of aromatic amines is 1. The van der Waals surface area contributed by atoms with E-state index in [4.69, 9.17) is 5.73 Å². The smallest absolute Gasteiger partial charge is 0.326 e. The van der Waals surface area contributed by atoms with Crippen LogP contribution < -0.4 is 11.1 Å². The zero-order chi connectivity index (χ0) is 19.6. The molecule has 2 heterocycles. The minimum Gasteiger partial charge on any atom is -0.480 e. The number of carbonyl (C=O) groups is 3. The zero-order valence-corrected chi connectivity index (χ0v) is 15.1. The fourth-order valence-electron chi connectivity index (χ4n) is 3.55. The summed E-state index contributed by atoms with van der Waals surface area (Å²) < 4.78 is 0. The Labute approximate surface area is 156 Å². The molecule has 8 nitrogen and oxygen atoms in total. The largest absolute Gasteiger partial charge is 0.480 e. The number of rotatable bonds is 6. The normalized spacial score (nSPS) is 19.0. The first-order valence-electron chi connectivity index (χ1n) is 9.02. The highest BCUT2D eigenvalue weighted by atomic mass is 16.4. The molecule has 1 aromatic heterocycles. The first kappa shape index (κ1) is 18.9. The molecule has 0 saturated carbocycles. The number of aromatic nitrogens is 1. The molecule has 3 atom stereocenters. The van der Waals surface area contributed by atoms with Crippen LogP contribution in [-0.2, 0) is 20.8 Å². The molecule has 0 aliphatic carbocycles. The molecule has 0 bridgehead atoms. The van der Waals surface area contributed by atoms with Gasteiger partial charge in [0.15, 0.2) is 0 Å². The van der Waals surface area contributed by atoms with E-state index in [1.807, 2.05) is 24.3 Å². The molecule has 8 heteroatoms. The van der Waals surface area contributed by atoms with Crippen LogP contribution in [0.1, 0.15) is 25.3 Å². The van der Waals surface area contributed by atoms with Crippen LogP contribution in [0, 0.1) is 0 Å². The number of carboxylic acid groups (broad SMARTS) is 1. The summed E-state index contributed by atoms with van der Waals surface area (Å²) in [4.78, 5) is 41.1. The highest BCUT2D eigenvalue weighted by molar-refractivity contribution is 5.92. The Morgan fingerprint density at radius 2 is 2.11 bits per heavy atom. The number of para-hydroxylation sites is 1. The van der Waals surface area contributed by atoms with Gasteiger partial charge in [-0.05, 0) is 31.4 Å². The zero-order valence-electron chi connectivity index (χ0n) is 15.1. The van der Waals surface area contributed by atoms with Gasteiger partial charge in [0, 0.05) is 30.1 Å². The monoisotopic (exact) mass is 372 g/mol. The van der Waals surface area contributed by atoms with Crippen LogP contribution in [0.25, 0.3) is 10.9 Å². The highest BCUT2D eigenvalue weighted by Gasteiger charge is 2.36. The molecule has 3 rings (SSSR count). The van der Waals surface area contributed by atoms with Gasteiger partial charge in [0.2, 0.25) is 11.8 Å². The third-order valence-electron chi connectivity index (χ3n) is 4.94. The van der Waals surface area contributed by atoms with Gasteiger partial charge in [-0.3, -0.25) is 9.59 Å². The maximum Gasteiger partial charge on any atom is 0.326 e. The first-order valence-corrected chi connectivity index (χ1v) is 9.02. The second kappa shape index (κ2) is 7.79. The summed E-state index contributed by atoms with van der Waals surface area (Å²) in [6.45, 7) is 2.03. The van der Waals surface area contributed by atoms with E-state index < -0.39 is 30.0 Å². The van der Waals surface area contributed by atoms with Gasteiger partial charge in [0.25, 0.3) is 0 Å². The molecule has 1 aliphatic heterocycles. The Hall–Kier alpha value is -2.87. The van der Waals surface area contributed by atoms with Gasteiger partial charge in [-0.1, -0.05) is 18.2 Å². The number of benzene rings is 1. The Morgan fingerprint density at radius 3 is 2.81 bits per heavy atom. The van der Waals surface area contributed by atoms with Crippen LogP contribution in [0.4, 0.5) is 0 Å². The van der Waals surface area contributed by atoms with Crippen LogP contribution >= 0.6 is 0 Å². The van der Waals surface area contributed by atoms with E-state index >= 15 is 0 Å². The molecule has 2 amide bonds. The minimum absolute atomic E-state index is 0.152. The lowest BCUT2D eigenvalue weighted by Gasteiger charge is -2.26. The van der Waals surface area contributed by atoms with Crippen molar-refractivity contribution >= 4 is 28.7 Å². The molecule has 144 valence electrons. The maximum absolute atomic E-state index is 12.7. The lowest BCUT2D eigenvalue weighted by Crippen LogP contribution is -2.53. The molecule has 1 fully saturated rings. The topological polar surface area (TPSA) is 129 Å². The molecule has 1 aliphatic rings. The van der Waals surface area contributed by atoms with Crippen LogP contribution in [-0.4, -0.2) is 57.4 Å². The average Bonchev–Trinajstić information content (AvgIpc) is 3.27. The fraction of sp³-hybridized carbons (Fsp3) is 0.421. The number of hydrogen-bond donors (Lipinski definition) is 4. The SMILES string of the molecule is CC(N)C(=O)N1CCCC1C(=O)NC(Cc1c[nH]c2ccccc12)C(=O)O. The first-order chi connectivity index (χ1) is 12.9. The van der Waals surface area contributed by atoms with Crippen molar-refractivity contribution in [3.63, 3.8) is 0 Å². The third-order valence-corrected chi connectivity index (χ3v) is 4.94. The number of carbonyl (C=O) groups excluding carboxylic acids is 2. The van der Waals surface area contributed by atoms with E-state index in [2.05, 4.69) is 10.3 Å². The minimum atomic E-state index is -1.11.